The Kier molecular flexibility index (Phi) is 4.52. The summed E-state index contributed by atoms with van der Waals surface area (Å²) >= 11 is 5.93. The number of aryl methyl sites for hydroxylation is 1. The lowest BCUT2D eigenvalue weighted by molar-refractivity contribution is 0.636. The van der Waals surface area contributed by atoms with E-state index in [2.05, 4.69) is 30.8 Å². The zero-order chi connectivity index (χ0) is 19.8. The van der Waals surface area contributed by atoms with Gasteiger partial charge in [-0.05, 0) is 48.5 Å². The summed E-state index contributed by atoms with van der Waals surface area (Å²) in [4.78, 5) is 19.3. The maximum Gasteiger partial charge on any atom is 0.253 e. The molecule has 0 aliphatic heterocycles. The van der Waals surface area contributed by atoms with Crippen LogP contribution < -0.4 is 10.9 Å². The Morgan fingerprint density at radius 1 is 1.29 bits per heavy atom. The zero-order valence-corrected chi connectivity index (χ0v) is 15.7. The van der Waals surface area contributed by atoms with Gasteiger partial charge in [-0.2, -0.15) is 4.68 Å². The molecule has 0 fully saturated rings. The van der Waals surface area contributed by atoms with Crippen LogP contribution in [0.5, 0.6) is 0 Å². The van der Waals surface area contributed by atoms with E-state index in [0.29, 0.717) is 22.6 Å². The molecule has 28 heavy (non-hydrogen) atoms. The van der Waals surface area contributed by atoms with E-state index in [1.54, 1.807) is 42.1 Å². The number of hydrogen-bond acceptors (Lipinski definition) is 6. The van der Waals surface area contributed by atoms with Gasteiger partial charge in [-0.3, -0.25) is 4.79 Å². The van der Waals surface area contributed by atoms with E-state index >= 15 is 0 Å². The maximum atomic E-state index is 14.0. The molecule has 0 radical (unpaired) electrons. The van der Waals surface area contributed by atoms with Crippen LogP contribution in [0.15, 0.2) is 41.3 Å². The fourth-order valence-electron chi connectivity index (χ4n) is 2.98. The van der Waals surface area contributed by atoms with Crippen LogP contribution in [-0.4, -0.2) is 30.2 Å². The first-order valence-electron chi connectivity index (χ1n) is 8.42. The van der Waals surface area contributed by atoms with Crippen molar-refractivity contribution >= 4 is 28.3 Å². The predicted octanol–water partition coefficient (Wildman–Crippen LogP) is 3.17. The topological polar surface area (TPSA) is 101 Å². The molecule has 10 heteroatoms. The Balaban J connectivity index is 1.67. The van der Waals surface area contributed by atoms with Crippen molar-refractivity contribution in [3.8, 4) is 5.69 Å². The van der Waals surface area contributed by atoms with Crippen LogP contribution in [0.2, 0.25) is 5.02 Å². The highest BCUT2D eigenvalue weighted by Crippen LogP contribution is 2.24. The van der Waals surface area contributed by atoms with Crippen LogP contribution in [0.1, 0.15) is 24.4 Å². The molecule has 0 spiro atoms. The molecule has 4 rings (SSSR count). The molecular weight excluding hydrogens is 385 g/mol. The highest BCUT2D eigenvalue weighted by atomic mass is 35.5. The largest absolute Gasteiger partial charge is 0.363 e. The van der Waals surface area contributed by atoms with Gasteiger partial charge in [0.05, 0.1) is 17.2 Å². The summed E-state index contributed by atoms with van der Waals surface area (Å²) in [5.41, 5.74) is 0.897. The maximum absolute atomic E-state index is 14.0. The number of H-pyrrole nitrogens is 1. The van der Waals surface area contributed by atoms with Crippen LogP contribution in [-0.2, 0) is 0 Å². The molecule has 0 saturated heterocycles. The number of aromatic nitrogens is 6. The number of anilines is 1. The number of pyridine rings is 2. The number of halogens is 2. The van der Waals surface area contributed by atoms with Crippen molar-refractivity contribution in [3.63, 3.8) is 0 Å². The van der Waals surface area contributed by atoms with Gasteiger partial charge < -0.3 is 10.3 Å². The molecule has 8 nitrogen and oxygen atoms in total. The second-order valence-electron chi connectivity index (χ2n) is 6.31. The van der Waals surface area contributed by atoms with E-state index in [-0.39, 0.29) is 16.1 Å². The van der Waals surface area contributed by atoms with Gasteiger partial charge in [0.25, 0.3) is 5.56 Å². The summed E-state index contributed by atoms with van der Waals surface area (Å²) in [5, 5.41) is 15.4. The molecule has 4 aromatic rings. The molecular formula is C18H15ClFN7O. The number of fused-ring (bicyclic) bond motifs is 1. The standard InChI is InChI=1S/C18H15ClFN7O/c1-9(14-6-11-5-12(19)7-15(20)17(11)23-18(14)28)22-16-8-13(3-4-21-16)27-10(2)24-25-26-27/h3-9H,1-2H3,(H,21,22)(H,23,28)/t9-/m0/s1. The first-order valence-corrected chi connectivity index (χ1v) is 8.80. The minimum atomic E-state index is -0.571. The average Bonchev–Trinajstić information content (AvgIpc) is 3.08. The van der Waals surface area contributed by atoms with E-state index in [1.807, 2.05) is 6.92 Å². The molecule has 142 valence electrons. The summed E-state index contributed by atoms with van der Waals surface area (Å²) in [5.74, 6) is 0.602. The Bertz CT molecular complexity index is 1240. The second-order valence-corrected chi connectivity index (χ2v) is 6.75. The first-order chi connectivity index (χ1) is 13.4. The van der Waals surface area contributed by atoms with Crippen molar-refractivity contribution in [2.24, 2.45) is 0 Å². The third-order valence-corrected chi connectivity index (χ3v) is 4.56. The Labute approximate surface area is 163 Å². The lowest BCUT2D eigenvalue weighted by atomic mass is 10.1. The van der Waals surface area contributed by atoms with Crippen molar-refractivity contribution in [3.05, 3.63) is 69.1 Å². The molecule has 0 aliphatic carbocycles. The number of rotatable bonds is 4. The summed E-state index contributed by atoms with van der Waals surface area (Å²) in [6.45, 7) is 3.60. The van der Waals surface area contributed by atoms with Crippen molar-refractivity contribution in [2.75, 3.05) is 5.32 Å². The van der Waals surface area contributed by atoms with Crippen LogP contribution in [0.25, 0.3) is 16.6 Å². The summed E-state index contributed by atoms with van der Waals surface area (Å²) in [6.07, 6.45) is 1.62. The number of aromatic amines is 1. The van der Waals surface area contributed by atoms with E-state index in [1.165, 1.54) is 0 Å². The van der Waals surface area contributed by atoms with Gasteiger partial charge in [0, 0.05) is 28.2 Å². The molecule has 1 aromatic carbocycles. The normalized spacial score (nSPS) is 12.3. The Morgan fingerprint density at radius 3 is 2.86 bits per heavy atom. The Morgan fingerprint density at radius 2 is 2.11 bits per heavy atom. The number of benzene rings is 1. The monoisotopic (exact) mass is 399 g/mol. The first kappa shape index (κ1) is 18.1. The van der Waals surface area contributed by atoms with Crippen molar-refractivity contribution < 1.29 is 4.39 Å². The third-order valence-electron chi connectivity index (χ3n) is 4.34. The number of hydrogen-bond donors (Lipinski definition) is 2. The lowest BCUT2D eigenvalue weighted by Gasteiger charge is -2.15. The highest BCUT2D eigenvalue weighted by molar-refractivity contribution is 6.31. The highest BCUT2D eigenvalue weighted by Gasteiger charge is 2.14. The zero-order valence-electron chi connectivity index (χ0n) is 14.9. The average molecular weight is 400 g/mol. The van der Waals surface area contributed by atoms with Crippen LogP contribution in [0.3, 0.4) is 0 Å². The minimum absolute atomic E-state index is 0.125. The number of nitrogens with zero attached hydrogens (tertiary/aromatic N) is 5. The van der Waals surface area contributed by atoms with Gasteiger partial charge >= 0.3 is 0 Å². The summed E-state index contributed by atoms with van der Waals surface area (Å²) in [7, 11) is 0. The van der Waals surface area contributed by atoms with Gasteiger partial charge in [-0.1, -0.05) is 11.6 Å². The summed E-state index contributed by atoms with van der Waals surface area (Å²) < 4.78 is 15.6. The van der Waals surface area contributed by atoms with Crippen LogP contribution in [0, 0.1) is 12.7 Å². The lowest BCUT2D eigenvalue weighted by Crippen LogP contribution is -2.20. The molecule has 1 atom stereocenters. The smallest absolute Gasteiger partial charge is 0.253 e. The van der Waals surface area contributed by atoms with E-state index in [0.717, 1.165) is 11.8 Å². The molecule has 3 aromatic heterocycles. The second kappa shape index (κ2) is 7.01. The number of nitrogens with one attached hydrogen (secondary N) is 2. The molecule has 0 saturated carbocycles. The van der Waals surface area contributed by atoms with Gasteiger partial charge in [0.2, 0.25) is 0 Å². The fourth-order valence-corrected chi connectivity index (χ4v) is 3.19. The Hall–Kier alpha value is -3.33. The molecule has 3 heterocycles. The fraction of sp³-hybridized carbons (Fsp3) is 0.167. The number of tetrazole rings is 1. The van der Waals surface area contributed by atoms with Crippen molar-refractivity contribution in [2.45, 2.75) is 19.9 Å². The SMILES string of the molecule is Cc1nnnn1-c1ccnc(N[C@@H](C)c2cc3cc(Cl)cc(F)c3[nH]c2=O)c1. The predicted molar refractivity (Wildman–Crippen MR) is 103 cm³/mol. The molecule has 0 bridgehead atoms. The summed E-state index contributed by atoms with van der Waals surface area (Å²) in [6, 6.07) is 7.53. The van der Waals surface area contributed by atoms with E-state index < -0.39 is 11.9 Å². The minimum Gasteiger partial charge on any atom is -0.363 e. The molecule has 0 aliphatic rings. The van der Waals surface area contributed by atoms with E-state index in [4.69, 9.17) is 11.6 Å². The van der Waals surface area contributed by atoms with E-state index in [9.17, 15) is 9.18 Å². The van der Waals surface area contributed by atoms with Crippen LogP contribution in [0.4, 0.5) is 10.2 Å². The molecule has 2 N–H and O–H groups in total. The van der Waals surface area contributed by atoms with Gasteiger partial charge in [0.15, 0.2) is 5.82 Å². The third kappa shape index (κ3) is 3.31. The molecule has 0 amide bonds. The quantitative estimate of drug-likeness (QED) is 0.546. The van der Waals surface area contributed by atoms with Crippen molar-refractivity contribution in [1.82, 2.24) is 30.2 Å². The van der Waals surface area contributed by atoms with Gasteiger partial charge in [-0.15, -0.1) is 5.10 Å². The van der Waals surface area contributed by atoms with Crippen LogP contribution >= 0.6 is 11.6 Å². The van der Waals surface area contributed by atoms with Crippen molar-refractivity contribution in [1.29, 1.82) is 0 Å². The molecule has 0 unspecified atom stereocenters. The van der Waals surface area contributed by atoms with Gasteiger partial charge in [-0.25, -0.2) is 9.37 Å². The van der Waals surface area contributed by atoms with Gasteiger partial charge in [0.1, 0.15) is 11.6 Å².